The zero-order valence-corrected chi connectivity index (χ0v) is 30.4. The van der Waals surface area contributed by atoms with Crippen LogP contribution in [-0.2, 0) is 0 Å². The maximum absolute atomic E-state index is 2.42. The van der Waals surface area contributed by atoms with Gasteiger partial charge in [-0.25, -0.2) is 0 Å². The van der Waals surface area contributed by atoms with Gasteiger partial charge >= 0.3 is 0 Å². The highest BCUT2D eigenvalue weighted by Crippen LogP contribution is 2.47. The third-order valence-electron chi connectivity index (χ3n) is 10.5. The molecule has 0 saturated heterocycles. The molecule has 54 heavy (non-hydrogen) atoms. The fraction of sp³-hybridized carbons (Fsp3) is 0. The van der Waals surface area contributed by atoms with E-state index in [0.29, 0.717) is 0 Å². The van der Waals surface area contributed by atoms with Crippen LogP contribution in [0.15, 0.2) is 212 Å². The minimum absolute atomic E-state index is 1.12. The van der Waals surface area contributed by atoms with E-state index >= 15 is 0 Å². The fourth-order valence-electron chi connectivity index (χ4n) is 7.74. The average molecular weight is 706 g/mol. The van der Waals surface area contributed by atoms with Gasteiger partial charge in [-0.15, -0.1) is 11.3 Å². The third-order valence-corrected chi connectivity index (χ3v) is 11.7. The zero-order valence-electron chi connectivity index (χ0n) is 29.6. The van der Waals surface area contributed by atoms with E-state index in [1.54, 1.807) is 0 Å². The first kappa shape index (κ1) is 32.0. The Morgan fingerprint density at radius 1 is 0.259 bits per heavy atom. The third kappa shape index (κ3) is 5.84. The van der Waals surface area contributed by atoms with E-state index in [4.69, 9.17) is 0 Å². The van der Waals surface area contributed by atoms with Crippen molar-refractivity contribution in [1.82, 2.24) is 0 Å². The summed E-state index contributed by atoms with van der Waals surface area (Å²) in [6, 6.07) is 77.0. The molecule has 0 amide bonds. The monoisotopic (exact) mass is 705 g/mol. The van der Waals surface area contributed by atoms with E-state index in [0.717, 1.165) is 11.4 Å². The lowest BCUT2D eigenvalue weighted by Crippen LogP contribution is -2.08. The summed E-state index contributed by atoms with van der Waals surface area (Å²) >= 11 is 1.87. The number of hydrogen-bond acceptors (Lipinski definition) is 2. The molecule has 0 radical (unpaired) electrons. The van der Waals surface area contributed by atoms with Gasteiger partial charge in [0.15, 0.2) is 0 Å². The van der Waals surface area contributed by atoms with Crippen molar-refractivity contribution in [2.75, 3.05) is 4.90 Å². The van der Waals surface area contributed by atoms with Gasteiger partial charge in [0, 0.05) is 26.8 Å². The topological polar surface area (TPSA) is 3.24 Å². The van der Waals surface area contributed by atoms with Crippen molar-refractivity contribution in [2.24, 2.45) is 0 Å². The van der Waals surface area contributed by atoms with Gasteiger partial charge in [0.05, 0.1) is 0 Å². The highest BCUT2D eigenvalue weighted by atomic mass is 32.1. The van der Waals surface area contributed by atoms with Crippen molar-refractivity contribution in [3.63, 3.8) is 0 Å². The van der Waals surface area contributed by atoms with Crippen LogP contribution in [0.4, 0.5) is 16.4 Å². The van der Waals surface area contributed by atoms with Gasteiger partial charge in [-0.1, -0.05) is 182 Å². The molecule has 0 aliphatic carbocycles. The summed E-state index contributed by atoms with van der Waals surface area (Å²) in [5, 5.41) is 7.65. The number of nitrogens with zero attached hydrogens (tertiary/aromatic N) is 1. The Balaban J connectivity index is 1.05. The van der Waals surface area contributed by atoms with Crippen LogP contribution < -0.4 is 4.90 Å². The second kappa shape index (κ2) is 13.7. The molecule has 10 aromatic rings. The number of benzene rings is 9. The maximum atomic E-state index is 2.42. The molecule has 0 bridgehead atoms. The van der Waals surface area contributed by atoms with Crippen molar-refractivity contribution in [3.8, 4) is 44.5 Å². The molecule has 0 saturated carbocycles. The van der Waals surface area contributed by atoms with Gasteiger partial charge in [0.1, 0.15) is 5.00 Å². The van der Waals surface area contributed by atoms with Crippen molar-refractivity contribution >= 4 is 59.3 Å². The molecule has 9 aromatic carbocycles. The lowest BCUT2D eigenvalue weighted by molar-refractivity contribution is 1.32. The molecule has 1 aromatic heterocycles. The van der Waals surface area contributed by atoms with Gasteiger partial charge in [-0.2, -0.15) is 0 Å². The molecule has 2 heteroatoms. The Labute approximate surface area is 319 Å². The molecule has 0 atom stereocenters. The van der Waals surface area contributed by atoms with Gasteiger partial charge in [-0.05, 0) is 91.0 Å². The molecule has 0 N–H and O–H groups in total. The second-order valence-corrected chi connectivity index (χ2v) is 14.8. The summed E-state index contributed by atoms with van der Waals surface area (Å²) in [5.41, 5.74) is 12.0. The Morgan fingerprint density at radius 3 is 0.963 bits per heavy atom. The lowest BCUT2D eigenvalue weighted by atomic mass is 9.99. The summed E-state index contributed by atoms with van der Waals surface area (Å²) in [6.45, 7) is 0. The van der Waals surface area contributed by atoms with Crippen LogP contribution in [0.25, 0.3) is 76.1 Å². The van der Waals surface area contributed by atoms with Crippen LogP contribution in [0.1, 0.15) is 0 Å². The van der Waals surface area contributed by atoms with E-state index in [1.807, 2.05) is 11.3 Å². The predicted octanol–water partition coefficient (Wildman–Crippen LogP) is 15.3. The Kier molecular flexibility index (Phi) is 8.09. The summed E-state index contributed by atoms with van der Waals surface area (Å²) in [5.74, 6) is 0. The first-order chi connectivity index (χ1) is 26.8. The Bertz CT molecular complexity index is 2670. The number of rotatable bonds is 7. The number of anilines is 3. The maximum Gasteiger partial charge on any atom is 0.101 e. The average Bonchev–Trinajstić information content (AvgIpc) is 3.71. The molecule has 0 aliphatic rings. The normalized spacial score (nSPS) is 11.3. The molecule has 0 unspecified atom stereocenters. The molecule has 0 spiro atoms. The van der Waals surface area contributed by atoms with Crippen LogP contribution in [0, 0.1) is 0 Å². The summed E-state index contributed by atoms with van der Waals surface area (Å²) in [6.07, 6.45) is 0. The summed E-state index contributed by atoms with van der Waals surface area (Å²) in [7, 11) is 0. The highest BCUT2D eigenvalue weighted by Gasteiger charge is 2.19. The van der Waals surface area contributed by atoms with Crippen molar-refractivity contribution in [2.45, 2.75) is 0 Å². The quantitative estimate of drug-likeness (QED) is 0.149. The molecule has 254 valence electrons. The highest BCUT2D eigenvalue weighted by molar-refractivity contribution is 7.24. The van der Waals surface area contributed by atoms with Gasteiger partial charge < -0.3 is 4.90 Å². The van der Waals surface area contributed by atoms with Crippen molar-refractivity contribution in [1.29, 1.82) is 0 Å². The largest absolute Gasteiger partial charge is 0.302 e. The van der Waals surface area contributed by atoms with Crippen LogP contribution >= 0.6 is 11.3 Å². The standard InChI is InChI=1S/C52H35NS/c1-3-11-36(12-4-1)38-19-23-40(24-20-38)42-27-31-44(32-28-42)53(45-33-29-43(30-34-45)41-25-21-39(22-26-41)37-13-5-2-6-14-37)51-35-50-48-17-8-7-15-46(48)47-16-9-10-18-49(47)52(50)54-51/h1-35H. The SMILES string of the molecule is c1ccc(-c2ccc(-c3ccc(N(c4ccc(-c5ccc(-c6ccccc6)cc5)cc4)c4cc5c6ccccc6c6ccccc6c5s4)cc3)cc2)cc1. The first-order valence-corrected chi connectivity index (χ1v) is 19.2. The van der Waals surface area contributed by atoms with Crippen LogP contribution in [-0.4, -0.2) is 0 Å². The van der Waals surface area contributed by atoms with E-state index in [-0.39, 0.29) is 0 Å². The molecule has 10 rings (SSSR count). The first-order valence-electron chi connectivity index (χ1n) is 18.4. The van der Waals surface area contributed by atoms with Crippen molar-refractivity contribution in [3.05, 3.63) is 212 Å². The van der Waals surface area contributed by atoms with Crippen LogP contribution in [0.2, 0.25) is 0 Å². The molecule has 1 nitrogen and oxygen atoms in total. The van der Waals surface area contributed by atoms with E-state index in [1.165, 1.54) is 81.1 Å². The molecule has 0 fully saturated rings. The fourth-order valence-corrected chi connectivity index (χ4v) is 8.99. The molecule has 1 heterocycles. The Hall–Kier alpha value is -6.74. The minimum Gasteiger partial charge on any atom is -0.302 e. The molecular formula is C52H35NS. The second-order valence-electron chi connectivity index (χ2n) is 13.7. The minimum atomic E-state index is 1.12. The zero-order chi connectivity index (χ0) is 35.8. The number of fused-ring (bicyclic) bond motifs is 6. The van der Waals surface area contributed by atoms with Gasteiger partial charge in [0.25, 0.3) is 0 Å². The lowest BCUT2D eigenvalue weighted by Gasteiger charge is -2.24. The predicted molar refractivity (Wildman–Crippen MR) is 233 cm³/mol. The van der Waals surface area contributed by atoms with Crippen molar-refractivity contribution < 1.29 is 0 Å². The number of thiophene rings is 1. The number of hydrogen-bond donors (Lipinski definition) is 0. The summed E-state index contributed by atoms with van der Waals surface area (Å²) < 4.78 is 1.31. The van der Waals surface area contributed by atoms with Gasteiger partial charge in [-0.3, -0.25) is 0 Å². The molecular weight excluding hydrogens is 671 g/mol. The van der Waals surface area contributed by atoms with E-state index in [9.17, 15) is 0 Å². The smallest absolute Gasteiger partial charge is 0.101 e. The summed E-state index contributed by atoms with van der Waals surface area (Å²) in [4.78, 5) is 2.42. The van der Waals surface area contributed by atoms with Crippen LogP contribution in [0.3, 0.4) is 0 Å². The van der Waals surface area contributed by atoms with Gasteiger partial charge in [0.2, 0.25) is 0 Å². The van der Waals surface area contributed by atoms with Crippen LogP contribution in [0.5, 0.6) is 0 Å². The van der Waals surface area contributed by atoms with E-state index in [2.05, 4.69) is 217 Å². The Morgan fingerprint density at radius 2 is 0.556 bits per heavy atom. The van der Waals surface area contributed by atoms with E-state index < -0.39 is 0 Å². The molecule has 0 aliphatic heterocycles.